The van der Waals surface area contributed by atoms with E-state index in [1.165, 1.54) is 6.21 Å². The number of hydrogen-bond donors (Lipinski definition) is 1. The summed E-state index contributed by atoms with van der Waals surface area (Å²) in [5, 5.41) is 4.01. The lowest BCUT2D eigenvalue weighted by atomic mass is 10.1. The third kappa shape index (κ3) is 6.95. The summed E-state index contributed by atoms with van der Waals surface area (Å²) in [7, 11) is -3.99. The van der Waals surface area contributed by atoms with Crippen LogP contribution in [0.4, 0.5) is 5.69 Å². The van der Waals surface area contributed by atoms with E-state index >= 15 is 0 Å². The van der Waals surface area contributed by atoms with Crippen molar-refractivity contribution in [1.82, 2.24) is 5.43 Å². The molecule has 3 aromatic carbocycles. The summed E-state index contributed by atoms with van der Waals surface area (Å²) >= 11 is 0. The number of anilines is 1. The third-order valence-electron chi connectivity index (χ3n) is 5.61. The molecule has 0 aliphatic carbocycles. The van der Waals surface area contributed by atoms with Gasteiger partial charge < -0.3 is 4.74 Å². The van der Waals surface area contributed by atoms with Crippen LogP contribution in [0, 0.1) is 26.7 Å². The van der Waals surface area contributed by atoms with Crippen LogP contribution in [0.1, 0.15) is 36.1 Å². The largest absolute Gasteiger partial charge is 0.493 e. The molecule has 0 fully saturated rings. The summed E-state index contributed by atoms with van der Waals surface area (Å²) < 4.78 is 33.9. The number of hydrogen-bond acceptors (Lipinski definition) is 5. The maximum atomic E-state index is 13.6. The van der Waals surface area contributed by atoms with Crippen LogP contribution in [0.25, 0.3) is 0 Å². The third-order valence-corrected chi connectivity index (χ3v) is 7.38. The van der Waals surface area contributed by atoms with Gasteiger partial charge in [-0.15, -0.1) is 0 Å². The average molecular weight is 508 g/mol. The first-order valence-electron chi connectivity index (χ1n) is 11.8. The number of sulfonamides is 1. The Morgan fingerprint density at radius 2 is 1.67 bits per heavy atom. The molecule has 0 saturated carbocycles. The molecule has 3 rings (SSSR count). The molecule has 0 atom stereocenters. The number of nitrogens with one attached hydrogen (secondary N) is 1. The molecule has 0 spiro atoms. The van der Waals surface area contributed by atoms with Gasteiger partial charge >= 0.3 is 0 Å². The molecule has 0 unspecified atom stereocenters. The number of rotatable bonds is 10. The Bertz CT molecular complexity index is 1320. The fourth-order valence-electron chi connectivity index (χ4n) is 3.40. The molecule has 7 nitrogen and oxygen atoms in total. The molecule has 1 N–H and O–H groups in total. The molecule has 0 heterocycles. The van der Waals surface area contributed by atoms with Gasteiger partial charge in [0.15, 0.2) is 0 Å². The molecule has 0 aliphatic rings. The number of benzene rings is 3. The molecule has 0 aliphatic heterocycles. The number of hydrazone groups is 1. The van der Waals surface area contributed by atoms with Gasteiger partial charge in [0, 0.05) is 0 Å². The van der Waals surface area contributed by atoms with Crippen LogP contribution in [0.3, 0.4) is 0 Å². The van der Waals surface area contributed by atoms with E-state index in [0.717, 1.165) is 32.3 Å². The first-order chi connectivity index (χ1) is 17.1. The SMILES string of the molecule is Cc1ccc(S(=O)(=O)N(CC(=O)N/N=C\c2ccc(OCC(C)C)cc2)c2cccc(C)c2C)cc1. The van der Waals surface area contributed by atoms with E-state index in [9.17, 15) is 13.2 Å². The van der Waals surface area contributed by atoms with Crippen molar-refractivity contribution in [2.75, 3.05) is 17.5 Å². The van der Waals surface area contributed by atoms with Crippen LogP contribution < -0.4 is 14.5 Å². The average Bonchev–Trinajstić information content (AvgIpc) is 2.84. The smallest absolute Gasteiger partial charge is 0.264 e. The minimum atomic E-state index is -3.99. The zero-order valence-electron chi connectivity index (χ0n) is 21.4. The Kier molecular flexibility index (Phi) is 8.88. The van der Waals surface area contributed by atoms with Gasteiger partial charge in [-0.3, -0.25) is 9.10 Å². The van der Waals surface area contributed by atoms with E-state index in [1.54, 1.807) is 36.4 Å². The highest BCUT2D eigenvalue weighted by atomic mass is 32.2. The fourth-order valence-corrected chi connectivity index (χ4v) is 4.88. The van der Waals surface area contributed by atoms with Crippen LogP contribution >= 0.6 is 0 Å². The maximum absolute atomic E-state index is 13.6. The molecule has 190 valence electrons. The topological polar surface area (TPSA) is 88.1 Å². The number of amides is 1. The molecule has 0 aromatic heterocycles. The van der Waals surface area contributed by atoms with Crippen molar-refractivity contribution in [3.63, 3.8) is 0 Å². The second kappa shape index (κ2) is 11.9. The highest BCUT2D eigenvalue weighted by Gasteiger charge is 2.28. The number of aryl methyl sites for hydroxylation is 2. The van der Waals surface area contributed by atoms with Crippen molar-refractivity contribution >= 4 is 27.8 Å². The van der Waals surface area contributed by atoms with Gasteiger partial charge in [0.1, 0.15) is 12.3 Å². The fraction of sp³-hybridized carbons (Fsp3) is 0.286. The number of carbonyl (C=O) groups is 1. The van der Waals surface area contributed by atoms with Crippen LogP contribution in [-0.4, -0.2) is 33.7 Å². The lowest BCUT2D eigenvalue weighted by Crippen LogP contribution is -2.40. The van der Waals surface area contributed by atoms with Crippen molar-refractivity contribution < 1.29 is 17.9 Å². The highest BCUT2D eigenvalue weighted by Crippen LogP contribution is 2.28. The number of ether oxygens (including phenoxy) is 1. The van der Waals surface area contributed by atoms with Gasteiger partial charge in [-0.05, 0) is 85.8 Å². The van der Waals surface area contributed by atoms with Crippen LogP contribution in [0.5, 0.6) is 5.75 Å². The Balaban J connectivity index is 1.77. The van der Waals surface area contributed by atoms with Gasteiger partial charge in [-0.1, -0.05) is 43.7 Å². The molecule has 3 aromatic rings. The van der Waals surface area contributed by atoms with Crippen molar-refractivity contribution in [3.05, 3.63) is 89.0 Å². The Labute approximate surface area is 213 Å². The van der Waals surface area contributed by atoms with Gasteiger partial charge in [-0.2, -0.15) is 5.10 Å². The number of nitrogens with zero attached hydrogens (tertiary/aromatic N) is 2. The molecular formula is C28H33N3O4S. The zero-order valence-corrected chi connectivity index (χ0v) is 22.2. The lowest BCUT2D eigenvalue weighted by Gasteiger charge is -2.26. The van der Waals surface area contributed by atoms with Gasteiger partial charge in [0.25, 0.3) is 15.9 Å². The molecule has 0 saturated heterocycles. The van der Waals surface area contributed by atoms with E-state index < -0.39 is 22.5 Å². The summed E-state index contributed by atoms with van der Waals surface area (Å²) in [6.45, 7) is 10.0. The standard InChI is InChI=1S/C28H33N3O4S/c1-20(2)19-35-25-13-11-24(12-14-25)17-29-30-28(32)18-31(27-8-6-7-22(4)23(27)5)36(33,34)26-15-9-21(3)10-16-26/h6-17,20H,18-19H2,1-5H3,(H,30,32)/b29-17-. The first-order valence-corrected chi connectivity index (χ1v) is 13.2. The van der Waals surface area contributed by atoms with Gasteiger partial charge in [-0.25, -0.2) is 13.8 Å². The monoisotopic (exact) mass is 507 g/mol. The van der Waals surface area contributed by atoms with Crippen molar-refractivity contribution in [3.8, 4) is 5.75 Å². The van der Waals surface area contributed by atoms with Crippen LogP contribution in [0.2, 0.25) is 0 Å². The Hall–Kier alpha value is -3.65. The van der Waals surface area contributed by atoms with Crippen molar-refractivity contribution in [2.45, 2.75) is 39.5 Å². The molecule has 8 heteroatoms. The second-order valence-electron chi connectivity index (χ2n) is 9.11. The number of carbonyl (C=O) groups excluding carboxylic acids is 1. The summed E-state index contributed by atoms with van der Waals surface area (Å²) in [6, 6.07) is 19.3. The Morgan fingerprint density at radius 1 is 1.00 bits per heavy atom. The molecular weight excluding hydrogens is 474 g/mol. The lowest BCUT2D eigenvalue weighted by molar-refractivity contribution is -0.119. The summed E-state index contributed by atoms with van der Waals surface area (Å²) in [5.41, 5.74) is 6.32. The van der Waals surface area contributed by atoms with E-state index in [4.69, 9.17) is 4.74 Å². The predicted molar refractivity (Wildman–Crippen MR) is 144 cm³/mol. The predicted octanol–water partition coefficient (Wildman–Crippen LogP) is 4.99. The normalized spacial score (nSPS) is 11.6. The minimum absolute atomic E-state index is 0.116. The summed E-state index contributed by atoms with van der Waals surface area (Å²) in [6.07, 6.45) is 1.50. The van der Waals surface area contributed by atoms with Crippen molar-refractivity contribution in [1.29, 1.82) is 0 Å². The highest BCUT2D eigenvalue weighted by molar-refractivity contribution is 7.92. The van der Waals surface area contributed by atoms with Crippen molar-refractivity contribution in [2.24, 2.45) is 11.0 Å². The van der Waals surface area contributed by atoms with E-state index in [0.29, 0.717) is 18.2 Å². The first kappa shape index (κ1) is 26.9. The van der Waals surface area contributed by atoms with Crippen LogP contribution in [0.15, 0.2) is 76.7 Å². The second-order valence-corrected chi connectivity index (χ2v) is 11.0. The molecule has 0 radical (unpaired) electrons. The molecule has 1 amide bonds. The Morgan fingerprint density at radius 3 is 2.31 bits per heavy atom. The van der Waals surface area contributed by atoms with Gasteiger partial charge in [0.05, 0.1) is 23.4 Å². The van der Waals surface area contributed by atoms with Gasteiger partial charge in [0.2, 0.25) is 0 Å². The summed E-state index contributed by atoms with van der Waals surface area (Å²) in [4.78, 5) is 12.9. The quantitative estimate of drug-likeness (QED) is 0.309. The maximum Gasteiger partial charge on any atom is 0.264 e. The minimum Gasteiger partial charge on any atom is -0.493 e. The molecule has 36 heavy (non-hydrogen) atoms. The molecule has 0 bridgehead atoms. The van der Waals surface area contributed by atoms with Crippen LogP contribution in [-0.2, 0) is 14.8 Å². The summed E-state index contributed by atoms with van der Waals surface area (Å²) in [5.74, 6) is 0.634. The zero-order chi connectivity index (χ0) is 26.3. The van der Waals surface area contributed by atoms with E-state index in [-0.39, 0.29) is 4.90 Å². The van der Waals surface area contributed by atoms with E-state index in [1.807, 2.05) is 51.1 Å². The van der Waals surface area contributed by atoms with E-state index in [2.05, 4.69) is 24.4 Å².